The van der Waals surface area contributed by atoms with Crippen molar-refractivity contribution in [3.05, 3.63) is 112 Å². The molecule has 1 heterocycles. The highest BCUT2D eigenvalue weighted by atomic mass is 32.2. The first kappa shape index (κ1) is 25.7. The second kappa shape index (κ2) is 11.6. The number of hydrogen-bond donors (Lipinski definition) is 2. The molecule has 0 spiro atoms. The van der Waals surface area contributed by atoms with Crippen molar-refractivity contribution in [1.82, 2.24) is 0 Å². The molecule has 190 valence electrons. The van der Waals surface area contributed by atoms with Crippen LogP contribution in [-0.2, 0) is 17.6 Å². The quantitative estimate of drug-likeness (QED) is 0.240. The molecule has 0 bridgehead atoms. The van der Waals surface area contributed by atoms with Crippen LogP contribution in [0.4, 0.5) is 15.1 Å². The molecule has 2 amide bonds. The van der Waals surface area contributed by atoms with Gasteiger partial charge in [0.15, 0.2) is 0 Å². The lowest BCUT2D eigenvalue weighted by Gasteiger charge is -2.17. The van der Waals surface area contributed by atoms with E-state index in [2.05, 4.69) is 16.7 Å². The summed E-state index contributed by atoms with van der Waals surface area (Å²) in [5, 5.41) is 15.6. The molecule has 3 aromatic carbocycles. The summed E-state index contributed by atoms with van der Waals surface area (Å²) in [5.41, 5.74) is 2.91. The number of rotatable bonds is 7. The minimum absolute atomic E-state index is 0.0426. The molecule has 4 aromatic rings. The molecule has 1 unspecified atom stereocenters. The summed E-state index contributed by atoms with van der Waals surface area (Å²) < 4.78 is 14.1. The first-order valence-corrected chi connectivity index (χ1v) is 14.0. The van der Waals surface area contributed by atoms with Crippen LogP contribution in [0.3, 0.4) is 0 Å². The predicted octanol–water partition coefficient (Wildman–Crippen LogP) is 7.36. The molecule has 1 aliphatic rings. The average Bonchev–Trinajstić information content (AvgIpc) is 3.29. The number of benzene rings is 3. The van der Waals surface area contributed by atoms with Gasteiger partial charge < -0.3 is 10.6 Å². The number of nitriles is 1. The third-order valence-electron chi connectivity index (χ3n) is 6.32. The zero-order valence-electron chi connectivity index (χ0n) is 20.4. The van der Waals surface area contributed by atoms with Crippen LogP contribution in [0.2, 0.25) is 0 Å². The standard InChI is InChI=1S/C30H24FN3O2S2/c31-25-15-6-4-14-23(25)28(35)33-20-11-8-12-21(17-20)37-27(19-9-2-1-3-10-19)29(36)34-30-24(18-32)22-13-5-7-16-26(22)38-30/h1-4,6,8-12,14-15,17,27H,5,7,13,16H2,(H,33,35)(H,34,36). The van der Waals surface area contributed by atoms with E-state index in [0.29, 0.717) is 16.3 Å². The highest BCUT2D eigenvalue weighted by Gasteiger charge is 2.27. The minimum atomic E-state index is -0.598. The van der Waals surface area contributed by atoms with E-state index in [-0.39, 0.29) is 11.5 Å². The third-order valence-corrected chi connectivity index (χ3v) is 8.78. The largest absolute Gasteiger partial charge is 0.322 e. The Hall–Kier alpha value is -3.93. The van der Waals surface area contributed by atoms with Gasteiger partial charge in [-0.05, 0) is 67.1 Å². The number of nitrogens with zero attached hydrogens (tertiary/aromatic N) is 1. The molecule has 5 nitrogen and oxygen atoms in total. The Labute approximate surface area is 228 Å². The second-order valence-electron chi connectivity index (χ2n) is 8.89. The van der Waals surface area contributed by atoms with Gasteiger partial charge in [0.05, 0.1) is 11.1 Å². The number of carbonyl (C=O) groups is 2. The fourth-order valence-electron chi connectivity index (χ4n) is 4.48. The summed E-state index contributed by atoms with van der Waals surface area (Å²) in [5.74, 6) is -1.37. The van der Waals surface area contributed by atoms with E-state index in [1.165, 1.54) is 46.2 Å². The number of thiophene rings is 1. The van der Waals surface area contributed by atoms with Crippen molar-refractivity contribution < 1.29 is 14.0 Å². The van der Waals surface area contributed by atoms with Gasteiger partial charge in [-0.2, -0.15) is 5.26 Å². The first-order chi connectivity index (χ1) is 18.5. The number of halogens is 1. The van der Waals surface area contributed by atoms with Crippen molar-refractivity contribution in [2.75, 3.05) is 10.6 Å². The van der Waals surface area contributed by atoms with E-state index < -0.39 is 17.0 Å². The number of anilines is 2. The van der Waals surface area contributed by atoms with Gasteiger partial charge in [0.2, 0.25) is 5.91 Å². The smallest absolute Gasteiger partial charge is 0.258 e. The van der Waals surface area contributed by atoms with Gasteiger partial charge in [0.1, 0.15) is 22.1 Å². The van der Waals surface area contributed by atoms with Crippen molar-refractivity contribution in [2.24, 2.45) is 0 Å². The van der Waals surface area contributed by atoms with Gasteiger partial charge in [-0.3, -0.25) is 9.59 Å². The van der Waals surface area contributed by atoms with Crippen LogP contribution in [0.1, 0.15) is 50.0 Å². The van der Waals surface area contributed by atoms with Crippen molar-refractivity contribution in [2.45, 2.75) is 35.8 Å². The van der Waals surface area contributed by atoms with Crippen LogP contribution in [0.5, 0.6) is 0 Å². The van der Waals surface area contributed by atoms with Crippen LogP contribution >= 0.6 is 23.1 Å². The van der Waals surface area contributed by atoms with Crippen LogP contribution in [0.15, 0.2) is 83.8 Å². The molecule has 0 radical (unpaired) electrons. The lowest BCUT2D eigenvalue weighted by atomic mass is 9.96. The monoisotopic (exact) mass is 541 g/mol. The van der Waals surface area contributed by atoms with E-state index in [1.54, 1.807) is 24.3 Å². The van der Waals surface area contributed by atoms with Gasteiger partial charge in [-0.25, -0.2) is 4.39 Å². The van der Waals surface area contributed by atoms with E-state index in [4.69, 9.17) is 0 Å². The third kappa shape index (κ3) is 5.64. The summed E-state index contributed by atoms with van der Waals surface area (Å²) in [6, 6.07) is 24.7. The Morgan fingerprint density at radius 3 is 2.50 bits per heavy atom. The summed E-state index contributed by atoms with van der Waals surface area (Å²) in [6.07, 6.45) is 3.95. The number of amides is 2. The molecule has 8 heteroatoms. The molecular weight excluding hydrogens is 517 g/mol. The lowest BCUT2D eigenvalue weighted by Crippen LogP contribution is -2.19. The van der Waals surface area contributed by atoms with Crippen LogP contribution < -0.4 is 10.6 Å². The summed E-state index contributed by atoms with van der Waals surface area (Å²) in [7, 11) is 0. The first-order valence-electron chi connectivity index (χ1n) is 12.3. The lowest BCUT2D eigenvalue weighted by molar-refractivity contribution is -0.115. The Kier molecular flexibility index (Phi) is 7.87. The van der Waals surface area contributed by atoms with E-state index >= 15 is 0 Å². The Morgan fingerprint density at radius 2 is 1.71 bits per heavy atom. The van der Waals surface area contributed by atoms with E-state index in [0.717, 1.165) is 41.7 Å². The zero-order valence-corrected chi connectivity index (χ0v) is 22.0. The minimum Gasteiger partial charge on any atom is -0.322 e. The van der Waals surface area contributed by atoms with Crippen LogP contribution in [0.25, 0.3) is 0 Å². The summed E-state index contributed by atoms with van der Waals surface area (Å²) in [6.45, 7) is 0. The van der Waals surface area contributed by atoms with Crippen molar-refractivity contribution in [3.63, 3.8) is 0 Å². The van der Waals surface area contributed by atoms with Gasteiger partial charge in [-0.15, -0.1) is 23.1 Å². The number of aryl methyl sites for hydroxylation is 1. The number of thioether (sulfide) groups is 1. The number of hydrogen-bond acceptors (Lipinski definition) is 5. The fourth-order valence-corrected chi connectivity index (χ4v) is 6.80. The second-order valence-corrected chi connectivity index (χ2v) is 11.2. The van der Waals surface area contributed by atoms with Crippen LogP contribution in [0, 0.1) is 17.1 Å². The van der Waals surface area contributed by atoms with E-state index in [1.807, 2.05) is 36.4 Å². The highest BCUT2D eigenvalue weighted by Crippen LogP contribution is 2.41. The SMILES string of the molecule is N#Cc1c(NC(=O)C(Sc2cccc(NC(=O)c3ccccc3F)c2)c2ccccc2)sc2c1CCCC2. The fraction of sp³-hybridized carbons (Fsp3) is 0.167. The molecule has 1 atom stereocenters. The Balaban J connectivity index is 1.39. The molecule has 0 fully saturated rings. The number of nitrogens with one attached hydrogen (secondary N) is 2. The van der Waals surface area contributed by atoms with Crippen molar-refractivity contribution in [1.29, 1.82) is 5.26 Å². The topological polar surface area (TPSA) is 82.0 Å². The average molecular weight is 542 g/mol. The highest BCUT2D eigenvalue weighted by molar-refractivity contribution is 8.00. The normalized spacial score (nSPS) is 13.2. The molecular formula is C30H24FN3O2S2. The maximum atomic E-state index is 14.1. The molecule has 38 heavy (non-hydrogen) atoms. The Morgan fingerprint density at radius 1 is 0.947 bits per heavy atom. The number of carbonyl (C=O) groups excluding carboxylic acids is 2. The molecule has 0 saturated carbocycles. The summed E-state index contributed by atoms with van der Waals surface area (Å²) in [4.78, 5) is 28.2. The molecule has 0 aliphatic heterocycles. The Bertz CT molecular complexity index is 1530. The molecule has 1 aromatic heterocycles. The maximum Gasteiger partial charge on any atom is 0.258 e. The van der Waals surface area contributed by atoms with Gasteiger partial charge in [0, 0.05) is 15.5 Å². The zero-order chi connectivity index (χ0) is 26.5. The predicted molar refractivity (Wildman–Crippen MR) is 150 cm³/mol. The molecule has 0 saturated heterocycles. The van der Waals surface area contributed by atoms with Gasteiger partial charge >= 0.3 is 0 Å². The van der Waals surface area contributed by atoms with Crippen molar-refractivity contribution >= 4 is 45.6 Å². The van der Waals surface area contributed by atoms with Crippen molar-refractivity contribution in [3.8, 4) is 6.07 Å². The number of fused-ring (bicyclic) bond motifs is 1. The molecule has 2 N–H and O–H groups in total. The molecule has 5 rings (SSSR count). The van der Waals surface area contributed by atoms with Crippen LogP contribution in [-0.4, -0.2) is 11.8 Å². The maximum absolute atomic E-state index is 14.1. The summed E-state index contributed by atoms with van der Waals surface area (Å²) >= 11 is 2.84. The molecule has 1 aliphatic carbocycles. The van der Waals surface area contributed by atoms with E-state index in [9.17, 15) is 19.2 Å². The van der Waals surface area contributed by atoms with Gasteiger partial charge in [0.25, 0.3) is 5.91 Å². The van der Waals surface area contributed by atoms with Gasteiger partial charge in [-0.1, -0.05) is 48.5 Å².